The summed E-state index contributed by atoms with van der Waals surface area (Å²) in [7, 11) is 0. The SMILES string of the molecule is CCOc1cccc(NC(C)(C)C2CC2)n1. The van der Waals surface area contributed by atoms with Gasteiger partial charge in [-0.3, -0.25) is 0 Å². The van der Waals surface area contributed by atoms with E-state index in [1.54, 1.807) is 0 Å². The third kappa shape index (κ3) is 2.65. The Morgan fingerprint density at radius 2 is 2.19 bits per heavy atom. The number of hydrogen-bond donors (Lipinski definition) is 1. The van der Waals surface area contributed by atoms with Gasteiger partial charge >= 0.3 is 0 Å². The minimum Gasteiger partial charge on any atom is -0.478 e. The zero-order valence-electron chi connectivity index (χ0n) is 10.3. The smallest absolute Gasteiger partial charge is 0.215 e. The predicted octanol–water partition coefficient (Wildman–Crippen LogP) is 3.08. The molecule has 1 fully saturated rings. The van der Waals surface area contributed by atoms with Crippen LogP contribution in [0.15, 0.2) is 18.2 Å². The lowest BCUT2D eigenvalue weighted by molar-refractivity contribution is 0.327. The van der Waals surface area contributed by atoms with Crippen molar-refractivity contribution in [3.05, 3.63) is 18.2 Å². The van der Waals surface area contributed by atoms with Crippen molar-refractivity contribution in [1.29, 1.82) is 0 Å². The minimum atomic E-state index is 0.137. The Kier molecular flexibility index (Phi) is 3.03. The fourth-order valence-corrected chi connectivity index (χ4v) is 1.95. The summed E-state index contributed by atoms with van der Waals surface area (Å²) in [5.74, 6) is 2.38. The van der Waals surface area contributed by atoms with E-state index in [1.807, 2.05) is 25.1 Å². The van der Waals surface area contributed by atoms with Crippen LogP contribution in [0.4, 0.5) is 5.82 Å². The van der Waals surface area contributed by atoms with Crippen LogP contribution < -0.4 is 10.1 Å². The zero-order valence-corrected chi connectivity index (χ0v) is 10.3. The van der Waals surface area contributed by atoms with Gasteiger partial charge in [-0.2, -0.15) is 4.98 Å². The second kappa shape index (κ2) is 4.32. The summed E-state index contributed by atoms with van der Waals surface area (Å²) in [5, 5.41) is 3.49. The van der Waals surface area contributed by atoms with E-state index >= 15 is 0 Å². The van der Waals surface area contributed by atoms with Crippen LogP contribution in [-0.2, 0) is 0 Å². The summed E-state index contributed by atoms with van der Waals surface area (Å²) in [5.41, 5.74) is 0.137. The van der Waals surface area contributed by atoms with Crippen molar-refractivity contribution in [3.8, 4) is 5.88 Å². The minimum absolute atomic E-state index is 0.137. The quantitative estimate of drug-likeness (QED) is 0.828. The molecule has 0 spiro atoms. The van der Waals surface area contributed by atoms with Crippen LogP contribution >= 0.6 is 0 Å². The van der Waals surface area contributed by atoms with Gasteiger partial charge in [0.2, 0.25) is 5.88 Å². The van der Waals surface area contributed by atoms with Gasteiger partial charge < -0.3 is 10.1 Å². The number of anilines is 1. The van der Waals surface area contributed by atoms with E-state index in [9.17, 15) is 0 Å². The summed E-state index contributed by atoms with van der Waals surface area (Å²) in [6.45, 7) is 7.10. The summed E-state index contributed by atoms with van der Waals surface area (Å²) in [4.78, 5) is 4.42. The summed E-state index contributed by atoms with van der Waals surface area (Å²) < 4.78 is 5.39. The van der Waals surface area contributed by atoms with E-state index in [2.05, 4.69) is 24.1 Å². The first-order valence-corrected chi connectivity index (χ1v) is 6.00. The molecule has 88 valence electrons. The molecule has 1 aromatic rings. The van der Waals surface area contributed by atoms with Crippen LogP contribution in [0.2, 0.25) is 0 Å². The Hall–Kier alpha value is -1.25. The van der Waals surface area contributed by atoms with Crippen LogP contribution in [0.1, 0.15) is 33.6 Å². The first-order valence-electron chi connectivity index (χ1n) is 6.00. The number of hydrogen-bond acceptors (Lipinski definition) is 3. The fraction of sp³-hybridized carbons (Fsp3) is 0.615. The second-order valence-corrected chi connectivity index (χ2v) is 4.92. The molecule has 1 aliphatic carbocycles. The van der Waals surface area contributed by atoms with Crippen molar-refractivity contribution in [2.45, 2.75) is 39.2 Å². The van der Waals surface area contributed by atoms with Gasteiger partial charge in [0.15, 0.2) is 0 Å². The standard InChI is InChI=1S/C13H20N2O/c1-4-16-12-7-5-6-11(14-12)15-13(2,3)10-8-9-10/h5-7,10H,4,8-9H2,1-3H3,(H,14,15). The molecule has 1 saturated carbocycles. The molecule has 0 radical (unpaired) electrons. The van der Waals surface area contributed by atoms with Crippen molar-refractivity contribution in [1.82, 2.24) is 4.98 Å². The summed E-state index contributed by atoms with van der Waals surface area (Å²) >= 11 is 0. The lowest BCUT2D eigenvalue weighted by atomic mass is 9.99. The van der Waals surface area contributed by atoms with E-state index < -0.39 is 0 Å². The van der Waals surface area contributed by atoms with Crippen molar-refractivity contribution in [3.63, 3.8) is 0 Å². The van der Waals surface area contributed by atoms with Crippen LogP contribution in [0, 0.1) is 5.92 Å². The van der Waals surface area contributed by atoms with Gasteiger partial charge in [0, 0.05) is 11.6 Å². The fourth-order valence-electron chi connectivity index (χ4n) is 1.95. The average molecular weight is 220 g/mol. The van der Waals surface area contributed by atoms with E-state index in [1.165, 1.54) is 12.8 Å². The van der Waals surface area contributed by atoms with E-state index in [0.717, 1.165) is 11.7 Å². The van der Waals surface area contributed by atoms with Crippen LogP contribution in [0.5, 0.6) is 5.88 Å². The molecule has 3 nitrogen and oxygen atoms in total. The van der Waals surface area contributed by atoms with Crippen molar-refractivity contribution in [2.24, 2.45) is 5.92 Å². The van der Waals surface area contributed by atoms with E-state index in [-0.39, 0.29) is 5.54 Å². The highest BCUT2D eigenvalue weighted by Gasteiger charge is 2.37. The Morgan fingerprint density at radius 3 is 2.81 bits per heavy atom. The number of pyridine rings is 1. The Bertz CT molecular complexity index is 359. The maximum Gasteiger partial charge on any atom is 0.215 e. The maximum absolute atomic E-state index is 5.39. The number of aromatic nitrogens is 1. The number of nitrogens with one attached hydrogen (secondary N) is 1. The zero-order chi connectivity index (χ0) is 11.6. The third-order valence-electron chi connectivity index (χ3n) is 3.06. The van der Waals surface area contributed by atoms with Crippen molar-refractivity contribution >= 4 is 5.82 Å². The lowest BCUT2D eigenvalue weighted by Gasteiger charge is -2.26. The second-order valence-electron chi connectivity index (χ2n) is 4.92. The van der Waals surface area contributed by atoms with Crippen LogP contribution in [-0.4, -0.2) is 17.1 Å². The lowest BCUT2D eigenvalue weighted by Crippen LogP contribution is -2.33. The molecular formula is C13H20N2O. The molecule has 0 atom stereocenters. The van der Waals surface area contributed by atoms with Gasteiger partial charge in [0.05, 0.1) is 6.61 Å². The highest BCUT2D eigenvalue weighted by Crippen LogP contribution is 2.40. The molecule has 0 amide bonds. The van der Waals surface area contributed by atoms with Gasteiger partial charge in [0.25, 0.3) is 0 Å². The molecular weight excluding hydrogens is 200 g/mol. The van der Waals surface area contributed by atoms with Crippen molar-refractivity contribution < 1.29 is 4.74 Å². The topological polar surface area (TPSA) is 34.1 Å². The first-order chi connectivity index (χ1) is 7.62. The number of rotatable bonds is 5. The Morgan fingerprint density at radius 1 is 1.44 bits per heavy atom. The third-order valence-corrected chi connectivity index (χ3v) is 3.06. The highest BCUT2D eigenvalue weighted by atomic mass is 16.5. The molecule has 0 aliphatic heterocycles. The van der Waals surface area contributed by atoms with Crippen LogP contribution in [0.25, 0.3) is 0 Å². The highest BCUT2D eigenvalue weighted by molar-refractivity contribution is 5.40. The molecule has 0 bridgehead atoms. The van der Waals surface area contributed by atoms with Crippen LogP contribution in [0.3, 0.4) is 0 Å². The van der Waals surface area contributed by atoms with Gasteiger partial charge in [0.1, 0.15) is 5.82 Å². The maximum atomic E-state index is 5.39. The van der Waals surface area contributed by atoms with Gasteiger partial charge in [-0.25, -0.2) is 0 Å². The Balaban J connectivity index is 2.05. The van der Waals surface area contributed by atoms with E-state index in [0.29, 0.717) is 12.5 Å². The summed E-state index contributed by atoms with van der Waals surface area (Å²) in [6.07, 6.45) is 2.65. The molecule has 16 heavy (non-hydrogen) atoms. The van der Waals surface area contributed by atoms with E-state index in [4.69, 9.17) is 4.74 Å². The van der Waals surface area contributed by atoms with Gasteiger partial charge in [-0.15, -0.1) is 0 Å². The molecule has 1 N–H and O–H groups in total. The molecule has 1 aromatic heterocycles. The largest absolute Gasteiger partial charge is 0.478 e. The molecule has 0 aromatic carbocycles. The predicted molar refractivity (Wildman–Crippen MR) is 65.8 cm³/mol. The molecule has 2 rings (SSSR count). The average Bonchev–Trinajstić information content (AvgIpc) is 3.01. The monoisotopic (exact) mass is 220 g/mol. The van der Waals surface area contributed by atoms with Gasteiger partial charge in [-0.1, -0.05) is 6.07 Å². The first kappa shape index (κ1) is 11.2. The Labute approximate surface area is 97.2 Å². The molecule has 1 aliphatic rings. The molecule has 3 heteroatoms. The van der Waals surface area contributed by atoms with Crippen molar-refractivity contribution in [2.75, 3.05) is 11.9 Å². The molecule has 0 saturated heterocycles. The molecule has 1 heterocycles. The number of ether oxygens (including phenoxy) is 1. The van der Waals surface area contributed by atoms with Gasteiger partial charge in [-0.05, 0) is 45.6 Å². The summed E-state index contributed by atoms with van der Waals surface area (Å²) in [6, 6.07) is 5.86. The normalized spacial score (nSPS) is 15.9. The molecule has 0 unspecified atom stereocenters. The number of nitrogens with zero attached hydrogens (tertiary/aromatic N) is 1.